The summed E-state index contributed by atoms with van der Waals surface area (Å²) in [6.07, 6.45) is 0.507. The van der Waals surface area contributed by atoms with Crippen LogP contribution < -0.4 is 9.46 Å². The van der Waals surface area contributed by atoms with E-state index in [0.717, 1.165) is 0 Å². The van der Waals surface area contributed by atoms with Crippen molar-refractivity contribution >= 4 is 19.9 Å². The van der Waals surface area contributed by atoms with Crippen molar-refractivity contribution in [1.29, 1.82) is 0 Å². The van der Waals surface area contributed by atoms with Gasteiger partial charge in [0.2, 0.25) is 10.0 Å². The summed E-state index contributed by atoms with van der Waals surface area (Å²) in [7, 11) is -5.10. The number of sulfone groups is 1. The number of sulfonamides is 1. The molecule has 0 saturated carbocycles. The molecule has 1 aliphatic rings. The van der Waals surface area contributed by atoms with Crippen LogP contribution in [-0.2, 0) is 19.9 Å². The van der Waals surface area contributed by atoms with Crippen molar-refractivity contribution in [1.82, 2.24) is 4.72 Å². The molecule has 1 atom stereocenters. The summed E-state index contributed by atoms with van der Waals surface area (Å²) in [5.74, 6) is 0.624. The monoisotopic (exact) mass is 319 g/mol. The number of hydrogen-bond donors (Lipinski definition) is 1. The van der Waals surface area contributed by atoms with E-state index in [1.165, 1.54) is 19.2 Å². The average molecular weight is 319 g/mol. The SMILES string of the molecule is COc1ccc(S(=O)(=O)NC[C@H]2CCS(=O)(=O)C2)cc1. The van der Waals surface area contributed by atoms with Crippen LogP contribution in [0.25, 0.3) is 0 Å². The molecule has 0 bridgehead atoms. The molecule has 1 saturated heterocycles. The van der Waals surface area contributed by atoms with Crippen LogP contribution >= 0.6 is 0 Å². The molecule has 0 radical (unpaired) electrons. The van der Waals surface area contributed by atoms with E-state index in [4.69, 9.17) is 4.74 Å². The van der Waals surface area contributed by atoms with Crippen LogP contribution in [0.2, 0.25) is 0 Å². The first-order valence-electron chi connectivity index (χ1n) is 6.16. The van der Waals surface area contributed by atoms with Gasteiger partial charge in [0.1, 0.15) is 5.75 Å². The van der Waals surface area contributed by atoms with Crippen molar-refractivity contribution in [3.05, 3.63) is 24.3 Å². The zero-order chi connectivity index (χ0) is 14.8. The minimum absolute atomic E-state index is 0.0537. The molecule has 1 N–H and O–H groups in total. The van der Waals surface area contributed by atoms with Gasteiger partial charge in [0.15, 0.2) is 9.84 Å². The number of benzene rings is 1. The Morgan fingerprint density at radius 3 is 2.45 bits per heavy atom. The van der Waals surface area contributed by atoms with Crippen molar-refractivity contribution < 1.29 is 21.6 Å². The van der Waals surface area contributed by atoms with Crippen molar-refractivity contribution in [2.24, 2.45) is 5.92 Å². The lowest BCUT2D eigenvalue weighted by atomic mass is 10.1. The molecular weight excluding hydrogens is 302 g/mol. The molecule has 112 valence electrons. The van der Waals surface area contributed by atoms with E-state index in [9.17, 15) is 16.8 Å². The highest BCUT2D eigenvalue weighted by Crippen LogP contribution is 2.19. The molecule has 0 unspecified atom stereocenters. The highest BCUT2D eigenvalue weighted by molar-refractivity contribution is 7.91. The van der Waals surface area contributed by atoms with Crippen LogP contribution in [0.3, 0.4) is 0 Å². The Hall–Kier alpha value is -1.12. The summed E-state index contributed by atoms with van der Waals surface area (Å²) >= 11 is 0. The van der Waals surface area contributed by atoms with Gasteiger partial charge in [-0.05, 0) is 36.6 Å². The largest absolute Gasteiger partial charge is 0.497 e. The number of rotatable bonds is 5. The van der Waals surface area contributed by atoms with Gasteiger partial charge in [-0.1, -0.05) is 0 Å². The second kappa shape index (κ2) is 5.71. The van der Waals surface area contributed by atoms with E-state index in [1.54, 1.807) is 12.1 Å². The minimum atomic E-state index is -3.61. The molecule has 0 spiro atoms. The molecule has 0 amide bonds. The van der Waals surface area contributed by atoms with Crippen LogP contribution in [0.4, 0.5) is 0 Å². The standard InChI is InChI=1S/C12H17NO5S2/c1-18-11-2-4-12(5-3-11)20(16,17)13-8-10-6-7-19(14,15)9-10/h2-5,10,13H,6-9H2,1H3/t10-/m1/s1. The van der Waals surface area contributed by atoms with E-state index in [1.807, 2.05) is 0 Å². The highest BCUT2D eigenvalue weighted by atomic mass is 32.2. The molecule has 0 aliphatic carbocycles. The maximum Gasteiger partial charge on any atom is 0.240 e. The van der Waals surface area contributed by atoms with Gasteiger partial charge < -0.3 is 4.74 Å². The van der Waals surface area contributed by atoms with Gasteiger partial charge in [0.25, 0.3) is 0 Å². The molecule has 0 aromatic heterocycles. The smallest absolute Gasteiger partial charge is 0.240 e. The van der Waals surface area contributed by atoms with Gasteiger partial charge in [-0.3, -0.25) is 0 Å². The molecule has 1 heterocycles. The highest BCUT2D eigenvalue weighted by Gasteiger charge is 2.28. The summed E-state index contributed by atoms with van der Waals surface area (Å²) in [4.78, 5) is 0.138. The number of hydrogen-bond acceptors (Lipinski definition) is 5. The predicted octanol–water partition coefficient (Wildman–Crippen LogP) is 0.408. The summed E-state index contributed by atoms with van der Waals surface area (Å²) < 4.78 is 54.2. The number of methoxy groups -OCH3 is 1. The Morgan fingerprint density at radius 1 is 1.30 bits per heavy atom. The normalized spacial score (nSPS) is 21.8. The lowest BCUT2D eigenvalue weighted by Gasteiger charge is -2.10. The van der Waals surface area contributed by atoms with Gasteiger partial charge in [0, 0.05) is 6.54 Å². The van der Waals surface area contributed by atoms with Crippen LogP contribution in [0.1, 0.15) is 6.42 Å². The minimum Gasteiger partial charge on any atom is -0.497 e. The lowest BCUT2D eigenvalue weighted by molar-refractivity contribution is 0.414. The summed E-state index contributed by atoms with van der Waals surface area (Å²) in [6.45, 7) is 0.146. The van der Waals surface area contributed by atoms with E-state index in [2.05, 4.69) is 4.72 Å². The van der Waals surface area contributed by atoms with E-state index < -0.39 is 19.9 Å². The molecule has 20 heavy (non-hydrogen) atoms. The number of ether oxygens (including phenoxy) is 1. The Balaban J connectivity index is 2.00. The second-order valence-electron chi connectivity index (χ2n) is 4.80. The summed E-state index contributed by atoms with van der Waals surface area (Å²) in [5, 5.41) is 0. The zero-order valence-corrected chi connectivity index (χ0v) is 12.7. The van der Waals surface area contributed by atoms with Crippen molar-refractivity contribution in [2.75, 3.05) is 25.2 Å². The van der Waals surface area contributed by atoms with Gasteiger partial charge >= 0.3 is 0 Å². The van der Waals surface area contributed by atoms with Crippen molar-refractivity contribution in [3.8, 4) is 5.75 Å². The molecule has 1 aliphatic heterocycles. The third-order valence-corrected chi connectivity index (χ3v) is 6.53. The van der Waals surface area contributed by atoms with E-state index in [-0.39, 0.29) is 28.9 Å². The molecule has 1 fully saturated rings. The number of nitrogens with one attached hydrogen (secondary N) is 1. The third-order valence-electron chi connectivity index (χ3n) is 3.26. The Morgan fingerprint density at radius 2 is 1.95 bits per heavy atom. The van der Waals surface area contributed by atoms with E-state index in [0.29, 0.717) is 12.2 Å². The Labute approximate surface area is 119 Å². The maximum atomic E-state index is 12.0. The fourth-order valence-electron chi connectivity index (χ4n) is 2.10. The van der Waals surface area contributed by atoms with Gasteiger partial charge in [-0.25, -0.2) is 21.6 Å². The average Bonchev–Trinajstić information content (AvgIpc) is 2.76. The fourth-order valence-corrected chi connectivity index (χ4v) is 5.08. The van der Waals surface area contributed by atoms with Crippen LogP contribution in [0, 0.1) is 5.92 Å². The molecule has 6 nitrogen and oxygen atoms in total. The first kappa shape index (κ1) is 15.3. The summed E-state index contributed by atoms with van der Waals surface area (Å²) in [5.41, 5.74) is 0. The fraction of sp³-hybridized carbons (Fsp3) is 0.500. The van der Waals surface area contributed by atoms with Gasteiger partial charge in [0.05, 0.1) is 23.5 Å². The van der Waals surface area contributed by atoms with E-state index >= 15 is 0 Å². The molecule has 8 heteroatoms. The van der Waals surface area contributed by atoms with Crippen LogP contribution in [0.15, 0.2) is 29.2 Å². The first-order chi connectivity index (χ1) is 9.32. The van der Waals surface area contributed by atoms with Crippen LogP contribution in [-0.4, -0.2) is 42.0 Å². The summed E-state index contributed by atoms with van der Waals surface area (Å²) in [6, 6.07) is 6.03. The van der Waals surface area contributed by atoms with Crippen molar-refractivity contribution in [3.63, 3.8) is 0 Å². The predicted molar refractivity (Wildman–Crippen MR) is 74.9 cm³/mol. The Kier molecular flexibility index (Phi) is 4.36. The molecule has 1 aromatic carbocycles. The second-order valence-corrected chi connectivity index (χ2v) is 8.79. The van der Waals surface area contributed by atoms with Gasteiger partial charge in [-0.15, -0.1) is 0 Å². The lowest BCUT2D eigenvalue weighted by Crippen LogP contribution is -2.29. The van der Waals surface area contributed by atoms with Crippen LogP contribution in [0.5, 0.6) is 5.75 Å². The molecular formula is C12H17NO5S2. The Bertz CT molecular complexity index is 664. The quantitative estimate of drug-likeness (QED) is 0.849. The molecule has 1 aromatic rings. The third kappa shape index (κ3) is 3.71. The van der Waals surface area contributed by atoms with Crippen molar-refractivity contribution in [2.45, 2.75) is 11.3 Å². The zero-order valence-electron chi connectivity index (χ0n) is 11.1. The maximum absolute atomic E-state index is 12.0. The topological polar surface area (TPSA) is 89.5 Å². The van der Waals surface area contributed by atoms with Gasteiger partial charge in [-0.2, -0.15) is 0 Å². The first-order valence-corrected chi connectivity index (χ1v) is 9.47. The molecule has 2 rings (SSSR count).